The molecule has 0 amide bonds. The highest BCUT2D eigenvalue weighted by atomic mass is 35.5. The molecule has 0 saturated carbocycles. The summed E-state index contributed by atoms with van der Waals surface area (Å²) in [5.74, 6) is -0.217. The van der Waals surface area contributed by atoms with Crippen molar-refractivity contribution >= 4 is 40.5 Å². The fraction of sp³-hybridized carbons (Fsp3) is 0.0625. The van der Waals surface area contributed by atoms with E-state index in [1.54, 1.807) is 0 Å². The van der Waals surface area contributed by atoms with Gasteiger partial charge >= 0.3 is 0 Å². The van der Waals surface area contributed by atoms with Gasteiger partial charge in [0.1, 0.15) is 0 Å². The van der Waals surface area contributed by atoms with Gasteiger partial charge in [-0.15, -0.1) is 0 Å². The quantitative estimate of drug-likeness (QED) is 0.172. The Balaban J connectivity index is 1.74. The van der Waals surface area contributed by atoms with E-state index in [9.17, 15) is 0 Å². The molecule has 5 aromatic carbocycles. The van der Waals surface area contributed by atoms with Gasteiger partial charge in [0, 0.05) is 32.6 Å². The van der Waals surface area contributed by atoms with E-state index >= 15 is 0 Å². The van der Waals surface area contributed by atoms with E-state index in [-0.39, 0.29) is 11.8 Å². The number of anilines is 1. The van der Waals surface area contributed by atoms with Gasteiger partial charge in [-0.2, -0.15) is 0 Å². The molecule has 0 saturated heterocycles. The number of nitrogens with two attached hydrogens (primary N) is 1. The Morgan fingerprint density at radius 3 is 1.11 bits per heavy atom. The van der Waals surface area contributed by atoms with E-state index in [1.165, 1.54) is 0 Å². The van der Waals surface area contributed by atoms with E-state index < -0.39 is 0 Å². The van der Waals surface area contributed by atoms with Crippen LogP contribution in [0.4, 0.5) is 5.69 Å². The van der Waals surface area contributed by atoms with E-state index in [4.69, 9.17) is 40.5 Å². The summed E-state index contributed by atoms with van der Waals surface area (Å²) in [6.07, 6.45) is 0. The van der Waals surface area contributed by atoms with Gasteiger partial charge < -0.3 is 5.73 Å². The van der Waals surface area contributed by atoms with Gasteiger partial charge in [-0.1, -0.05) is 120 Å². The zero-order chi connectivity index (χ0) is 25.1. The van der Waals surface area contributed by atoms with Crippen LogP contribution in [0.2, 0.25) is 15.1 Å². The first-order valence-electron chi connectivity index (χ1n) is 11.7. The van der Waals surface area contributed by atoms with Crippen LogP contribution in [0.15, 0.2) is 121 Å². The topological polar surface area (TPSA) is 26.0 Å². The molecule has 0 bridgehead atoms. The van der Waals surface area contributed by atoms with Crippen molar-refractivity contribution < 1.29 is 0 Å². The Kier molecular flexibility index (Phi) is 7.34. The smallest absolute Gasteiger partial charge is 0.0413 e. The Hall–Kier alpha value is -3.23. The average Bonchev–Trinajstić information content (AvgIpc) is 2.90. The fourth-order valence-electron chi connectivity index (χ4n) is 4.84. The third kappa shape index (κ3) is 5.15. The normalized spacial score (nSPS) is 12.8. The molecule has 1 nitrogen and oxygen atoms in total. The summed E-state index contributed by atoms with van der Waals surface area (Å²) in [6.45, 7) is 0. The number of rotatable bonds is 6. The molecule has 178 valence electrons. The minimum atomic E-state index is -0.109. The molecule has 5 rings (SSSR count). The maximum Gasteiger partial charge on any atom is 0.0413 e. The summed E-state index contributed by atoms with van der Waals surface area (Å²) in [5.41, 5.74) is 14.1. The van der Waals surface area contributed by atoms with Gasteiger partial charge in [0.05, 0.1) is 0 Å². The van der Waals surface area contributed by atoms with Crippen molar-refractivity contribution in [2.24, 2.45) is 0 Å². The zero-order valence-electron chi connectivity index (χ0n) is 19.4. The van der Waals surface area contributed by atoms with Crippen LogP contribution in [0.3, 0.4) is 0 Å². The molecule has 0 heterocycles. The molecule has 0 radical (unpaired) electrons. The van der Waals surface area contributed by atoms with Crippen LogP contribution in [0, 0.1) is 0 Å². The number of hydrogen-bond donors (Lipinski definition) is 1. The first-order valence-corrected chi connectivity index (χ1v) is 12.8. The predicted octanol–water partition coefficient (Wildman–Crippen LogP) is 9.59. The van der Waals surface area contributed by atoms with E-state index in [1.807, 2.05) is 97.1 Å². The molecule has 0 aliphatic heterocycles. The number of nitrogen functional groups attached to an aromatic ring is 1. The monoisotopic (exact) mass is 527 g/mol. The van der Waals surface area contributed by atoms with Crippen LogP contribution in [-0.2, 0) is 0 Å². The van der Waals surface area contributed by atoms with Crippen LogP contribution in [0.25, 0.3) is 0 Å². The highest BCUT2D eigenvalue weighted by molar-refractivity contribution is 6.31. The maximum atomic E-state index is 7.05. The van der Waals surface area contributed by atoms with Crippen molar-refractivity contribution in [3.05, 3.63) is 170 Å². The largest absolute Gasteiger partial charge is 0.398 e. The van der Waals surface area contributed by atoms with Crippen LogP contribution < -0.4 is 5.73 Å². The molecule has 0 fully saturated rings. The number of benzene rings is 5. The van der Waals surface area contributed by atoms with Crippen molar-refractivity contribution in [3.8, 4) is 0 Å². The Labute approximate surface area is 227 Å². The maximum absolute atomic E-state index is 7.05. The highest BCUT2D eigenvalue weighted by Crippen LogP contribution is 2.43. The van der Waals surface area contributed by atoms with Crippen molar-refractivity contribution in [1.29, 1.82) is 0 Å². The van der Waals surface area contributed by atoms with E-state index in [0.717, 1.165) is 33.4 Å². The number of hydrogen-bond acceptors (Lipinski definition) is 1. The molecule has 0 aliphatic carbocycles. The second-order valence-corrected chi connectivity index (χ2v) is 10.1. The van der Waals surface area contributed by atoms with Crippen LogP contribution in [0.5, 0.6) is 0 Å². The summed E-state index contributed by atoms with van der Waals surface area (Å²) >= 11 is 19.3. The van der Waals surface area contributed by atoms with Gasteiger partial charge in [-0.25, -0.2) is 0 Å². The van der Waals surface area contributed by atoms with Crippen molar-refractivity contribution in [3.63, 3.8) is 0 Å². The Bertz CT molecular complexity index is 1340. The number of halogens is 3. The molecular weight excluding hydrogens is 505 g/mol. The van der Waals surface area contributed by atoms with Crippen LogP contribution in [0.1, 0.15) is 45.2 Å². The second-order valence-electron chi connectivity index (χ2n) is 8.79. The van der Waals surface area contributed by atoms with Gasteiger partial charge in [0.25, 0.3) is 0 Å². The average molecular weight is 529 g/mol. The first kappa shape index (κ1) is 24.5. The van der Waals surface area contributed by atoms with Crippen molar-refractivity contribution in [1.82, 2.24) is 0 Å². The van der Waals surface area contributed by atoms with Crippen LogP contribution in [-0.4, -0.2) is 0 Å². The Morgan fingerprint density at radius 2 is 0.750 bits per heavy atom. The highest BCUT2D eigenvalue weighted by Gasteiger charge is 2.26. The molecule has 0 aliphatic rings. The fourth-order valence-corrected chi connectivity index (χ4v) is 5.33. The predicted molar refractivity (Wildman–Crippen MR) is 154 cm³/mol. The lowest BCUT2D eigenvalue weighted by molar-refractivity contribution is 0.946. The van der Waals surface area contributed by atoms with Gasteiger partial charge in [0.15, 0.2) is 0 Å². The molecular formula is C32H24Cl3N. The minimum absolute atomic E-state index is 0.109. The summed E-state index contributed by atoms with van der Waals surface area (Å²) in [5, 5.41) is 2.02. The van der Waals surface area contributed by atoms with E-state index in [0.29, 0.717) is 20.8 Å². The molecule has 2 N–H and O–H groups in total. The first-order chi connectivity index (χ1) is 17.5. The van der Waals surface area contributed by atoms with E-state index in [2.05, 4.69) is 24.3 Å². The van der Waals surface area contributed by atoms with Crippen LogP contribution >= 0.6 is 34.8 Å². The van der Waals surface area contributed by atoms with Gasteiger partial charge in [0.2, 0.25) is 0 Å². The summed E-state index contributed by atoms with van der Waals surface area (Å²) in [7, 11) is 0. The summed E-state index contributed by atoms with van der Waals surface area (Å²) in [6, 6.07) is 40.5. The minimum Gasteiger partial charge on any atom is -0.398 e. The zero-order valence-corrected chi connectivity index (χ0v) is 21.7. The Morgan fingerprint density at radius 1 is 0.417 bits per heavy atom. The van der Waals surface area contributed by atoms with Gasteiger partial charge in [-0.3, -0.25) is 0 Å². The molecule has 36 heavy (non-hydrogen) atoms. The summed E-state index contributed by atoms with van der Waals surface area (Å²) in [4.78, 5) is 0. The molecule has 4 heteroatoms. The SMILES string of the molecule is Nc1c(C(c2ccccc2)c2ccc(Cl)cc2)cc(Cl)cc1C(c1ccccc1)c1ccc(Cl)cc1. The van der Waals surface area contributed by atoms with Gasteiger partial charge in [-0.05, 0) is 69.8 Å². The standard InChI is InChI=1S/C32H24Cl3N/c33-25-15-11-23(12-16-25)30(21-7-3-1-4-8-21)28-19-27(35)20-29(32(28)36)31(22-9-5-2-6-10-22)24-13-17-26(34)18-14-24/h1-20,30-31H,36H2. The van der Waals surface area contributed by atoms with Crippen molar-refractivity contribution in [2.75, 3.05) is 5.73 Å². The lowest BCUT2D eigenvalue weighted by atomic mass is 9.79. The third-order valence-corrected chi connectivity index (χ3v) is 7.23. The lowest BCUT2D eigenvalue weighted by Gasteiger charge is -2.26. The second kappa shape index (κ2) is 10.8. The lowest BCUT2D eigenvalue weighted by Crippen LogP contribution is -2.12. The molecule has 5 aromatic rings. The third-order valence-electron chi connectivity index (χ3n) is 6.50. The molecule has 2 atom stereocenters. The molecule has 2 unspecified atom stereocenters. The molecule has 0 spiro atoms. The molecule has 0 aromatic heterocycles. The summed E-state index contributed by atoms with van der Waals surface area (Å²) < 4.78 is 0. The van der Waals surface area contributed by atoms with Crippen molar-refractivity contribution in [2.45, 2.75) is 11.8 Å².